The van der Waals surface area contributed by atoms with Crippen molar-refractivity contribution >= 4 is 15.9 Å². The van der Waals surface area contributed by atoms with Gasteiger partial charge in [0, 0.05) is 25.0 Å². The fourth-order valence-electron chi connectivity index (χ4n) is 1.13. The van der Waals surface area contributed by atoms with Crippen molar-refractivity contribution in [2.24, 2.45) is 7.05 Å². The molecule has 0 unspecified atom stereocenters. The maximum absolute atomic E-state index is 4.17. The zero-order valence-electron chi connectivity index (χ0n) is 6.98. The molecule has 2 aromatic heterocycles. The van der Waals surface area contributed by atoms with Gasteiger partial charge in [0.15, 0.2) is 0 Å². The van der Waals surface area contributed by atoms with Gasteiger partial charge in [-0.15, -0.1) is 0 Å². The molecule has 0 aliphatic heterocycles. The molecule has 0 bridgehead atoms. The van der Waals surface area contributed by atoms with E-state index in [1.807, 2.05) is 13.1 Å². The molecule has 0 aromatic carbocycles. The van der Waals surface area contributed by atoms with E-state index in [9.17, 15) is 0 Å². The van der Waals surface area contributed by atoms with Crippen LogP contribution in [0.1, 0.15) is 0 Å². The maximum Gasteiger partial charge on any atom is 0.128 e. The second-order valence-corrected chi connectivity index (χ2v) is 3.42. The molecular weight excluding hydrogens is 232 g/mol. The number of halogens is 1. The minimum Gasteiger partial charge on any atom is -0.267 e. The highest BCUT2D eigenvalue weighted by molar-refractivity contribution is 9.10. The Hall–Kier alpha value is -1.23. The summed E-state index contributed by atoms with van der Waals surface area (Å²) in [7, 11) is 1.88. The van der Waals surface area contributed by atoms with Crippen LogP contribution in [0.2, 0.25) is 0 Å². The van der Waals surface area contributed by atoms with Crippen LogP contribution in [0.4, 0.5) is 0 Å². The molecular formula is C8H7BrN4. The molecule has 0 fully saturated rings. The number of rotatable bonds is 1. The Balaban J connectivity index is 2.53. The van der Waals surface area contributed by atoms with Gasteiger partial charge in [-0.3, -0.25) is 4.68 Å². The molecule has 13 heavy (non-hydrogen) atoms. The number of hydrogen-bond donors (Lipinski definition) is 0. The van der Waals surface area contributed by atoms with E-state index in [2.05, 4.69) is 31.0 Å². The van der Waals surface area contributed by atoms with Crippen LogP contribution >= 0.6 is 15.9 Å². The SMILES string of the molecule is Cn1nc(Br)cc1-c1cncnc1. The van der Waals surface area contributed by atoms with Gasteiger partial charge in [-0.25, -0.2) is 9.97 Å². The first-order chi connectivity index (χ1) is 6.27. The normalized spacial score (nSPS) is 10.3. The first-order valence-corrected chi connectivity index (χ1v) is 4.51. The van der Waals surface area contributed by atoms with Crippen molar-refractivity contribution in [3.63, 3.8) is 0 Å². The summed E-state index contributed by atoms with van der Waals surface area (Å²) in [5, 5.41) is 4.17. The fourth-order valence-corrected chi connectivity index (χ4v) is 1.59. The molecule has 4 nitrogen and oxygen atoms in total. The summed E-state index contributed by atoms with van der Waals surface area (Å²) in [5.74, 6) is 0. The quantitative estimate of drug-likeness (QED) is 0.759. The van der Waals surface area contributed by atoms with Gasteiger partial charge < -0.3 is 0 Å². The average molecular weight is 239 g/mol. The topological polar surface area (TPSA) is 43.6 Å². The summed E-state index contributed by atoms with van der Waals surface area (Å²) in [4.78, 5) is 7.89. The third-order valence-corrected chi connectivity index (χ3v) is 2.09. The highest BCUT2D eigenvalue weighted by Crippen LogP contribution is 2.19. The Bertz CT molecular complexity index is 409. The molecule has 0 N–H and O–H groups in total. The van der Waals surface area contributed by atoms with Gasteiger partial charge in [-0.2, -0.15) is 5.10 Å². The largest absolute Gasteiger partial charge is 0.267 e. The number of nitrogens with zero attached hydrogens (tertiary/aromatic N) is 4. The molecule has 0 spiro atoms. The van der Waals surface area contributed by atoms with Gasteiger partial charge in [-0.1, -0.05) is 0 Å². The summed E-state index contributed by atoms with van der Waals surface area (Å²) >= 11 is 3.31. The minimum absolute atomic E-state index is 0.814. The zero-order chi connectivity index (χ0) is 9.26. The van der Waals surface area contributed by atoms with Crippen LogP contribution in [0.15, 0.2) is 29.4 Å². The molecule has 2 rings (SSSR count). The average Bonchev–Trinajstić information content (AvgIpc) is 2.47. The lowest BCUT2D eigenvalue weighted by Gasteiger charge is -1.98. The van der Waals surface area contributed by atoms with Gasteiger partial charge in [-0.05, 0) is 22.0 Å². The van der Waals surface area contributed by atoms with Crippen LogP contribution in [0, 0.1) is 0 Å². The Morgan fingerprint density at radius 1 is 1.31 bits per heavy atom. The zero-order valence-corrected chi connectivity index (χ0v) is 8.56. The van der Waals surface area contributed by atoms with Crippen molar-refractivity contribution in [2.75, 3.05) is 0 Å². The van der Waals surface area contributed by atoms with E-state index in [1.165, 1.54) is 6.33 Å². The van der Waals surface area contributed by atoms with E-state index in [0.717, 1.165) is 15.9 Å². The first kappa shape index (κ1) is 8.37. The fraction of sp³-hybridized carbons (Fsp3) is 0.125. The van der Waals surface area contributed by atoms with Gasteiger partial charge in [0.25, 0.3) is 0 Å². The van der Waals surface area contributed by atoms with E-state index in [1.54, 1.807) is 17.1 Å². The van der Waals surface area contributed by atoms with Crippen molar-refractivity contribution in [1.29, 1.82) is 0 Å². The van der Waals surface area contributed by atoms with E-state index < -0.39 is 0 Å². The van der Waals surface area contributed by atoms with Gasteiger partial charge >= 0.3 is 0 Å². The van der Waals surface area contributed by atoms with E-state index in [4.69, 9.17) is 0 Å². The molecule has 0 amide bonds. The van der Waals surface area contributed by atoms with Gasteiger partial charge in [0.05, 0.1) is 5.69 Å². The number of aromatic nitrogens is 4. The molecule has 66 valence electrons. The predicted octanol–water partition coefficient (Wildman–Crippen LogP) is 1.64. The van der Waals surface area contributed by atoms with E-state index >= 15 is 0 Å². The van der Waals surface area contributed by atoms with Crippen LogP contribution < -0.4 is 0 Å². The van der Waals surface area contributed by atoms with Crippen LogP contribution in [0.3, 0.4) is 0 Å². The summed E-state index contributed by atoms with van der Waals surface area (Å²) < 4.78 is 2.59. The number of hydrogen-bond acceptors (Lipinski definition) is 3. The van der Waals surface area contributed by atoms with E-state index in [-0.39, 0.29) is 0 Å². The minimum atomic E-state index is 0.814. The monoisotopic (exact) mass is 238 g/mol. The van der Waals surface area contributed by atoms with Crippen LogP contribution in [-0.2, 0) is 7.05 Å². The molecule has 0 aliphatic carbocycles. The molecule has 0 saturated heterocycles. The molecule has 0 aliphatic rings. The molecule has 2 heterocycles. The van der Waals surface area contributed by atoms with Crippen molar-refractivity contribution in [1.82, 2.24) is 19.7 Å². The summed E-state index contributed by atoms with van der Waals surface area (Å²) in [6, 6.07) is 1.93. The third-order valence-electron chi connectivity index (χ3n) is 1.71. The Morgan fingerprint density at radius 3 is 2.54 bits per heavy atom. The van der Waals surface area contributed by atoms with Crippen LogP contribution in [-0.4, -0.2) is 19.7 Å². The van der Waals surface area contributed by atoms with Gasteiger partial charge in [0.1, 0.15) is 10.9 Å². The van der Waals surface area contributed by atoms with Crippen LogP contribution in [0.5, 0.6) is 0 Å². The lowest BCUT2D eigenvalue weighted by molar-refractivity contribution is 0.767. The second kappa shape index (κ2) is 3.26. The van der Waals surface area contributed by atoms with Gasteiger partial charge in [0.2, 0.25) is 0 Å². The van der Waals surface area contributed by atoms with Crippen molar-refractivity contribution in [3.05, 3.63) is 29.4 Å². The lowest BCUT2D eigenvalue weighted by atomic mass is 10.2. The Kier molecular flexibility index (Phi) is 2.10. The van der Waals surface area contributed by atoms with Crippen molar-refractivity contribution < 1.29 is 0 Å². The Morgan fingerprint density at radius 2 is 2.00 bits per heavy atom. The maximum atomic E-state index is 4.17. The smallest absolute Gasteiger partial charge is 0.128 e. The molecule has 0 radical (unpaired) electrons. The number of aryl methyl sites for hydroxylation is 1. The predicted molar refractivity (Wildman–Crippen MR) is 51.9 cm³/mol. The summed E-state index contributed by atoms with van der Waals surface area (Å²) in [6.45, 7) is 0. The van der Waals surface area contributed by atoms with Crippen molar-refractivity contribution in [2.45, 2.75) is 0 Å². The van der Waals surface area contributed by atoms with E-state index in [0.29, 0.717) is 0 Å². The Labute approximate surface area is 83.8 Å². The second-order valence-electron chi connectivity index (χ2n) is 2.60. The molecule has 0 atom stereocenters. The highest BCUT2D eigenvalue weighted by atomic mass is 79.9. The summed E-state index contributed by atoms with van der Waals surface area (Å²) in [5.41, 5.74) is 1.95. The van der Waals surface area contributed by atoms with Crippen LogP contribution in [0.25, 0.3) is 11.3 Å². The van der Waals surface area contributed by atoms with Crippen molar-refractivity contribution in [3.8, 4) is 11.3 Å². The highest BCUT2D eigenvalue weighted by Gasteiger charge is 2.04. The molecule has 0 saturated carbocycles. The summed E-state index contributed by atoms with van der Waals surface area (Å²) in [6.07, 6.45) is 5.03. The standard InChI is InChI=1S/C8H7BrN4/c1-13-7(2-8(9)12-13)6-3-10-5-11-4-6/h2-5H,1H3. The molecule has 5 heteroatoms. The third kappa shape index (κ3) is 1.60. The molecule has 2 aromatic rings. The first-order valence-electron chi connectivity index (χ1n) is 3.72. The lowest BCUT2D eigenvalue weighted by Crippen LogP contribution is -1.93.